The lowest BCUT2D eigenvalue weighted by atomic mass is 10.2. The van der Waals surface area contributed by atoms with Gasteiger partial charge in [-0.2, -0.15) is 15.3 Å². The van der Waals surface area contributed by atoms with Crippen LogP contribution in [-0.4, -0.2) is 176 Å². The van der Waals surface area contributed by atoms with Crippen molar-refractivity contribution in [3.05, 3.63) is 228 Å². The second kappa shape index (κ2) is 38.3. The highest BCUT2D eigenvalue weighted by atomic mass is 35.5. The molecule has 0 amide bonds. The van der Waals surface area contributed by atoms with Crippen molar-refractivity contribution in [3.8, 4) is 17.2 Å². The molecule has 0 unspecified atom stereocenters. The van der Waals surface area contributed by atoms with Crippen molar-refractivity contribution in [2.45, 2.75) is 98.6 Å². The maximum absolute atomic E-state index is 12.9. The molecule has 99 heavy (non-hydrogen) atoms. The van der Waals surface area contributed by atoms with Crippen molar-refractivity contribution in [3.63, 3.8) is 0 Å². The zero-order valence-electron chi connectivity index (χ0n) is 57.6. The Kier molecular flexibility index (Phi) is 28.4. The van der Waals surface area contributed by atoms with Gasteiger partial charge in [0.1, 0.15) is 54.5 Å². The van der Waals surface area contributed by atoms with E-state index in [1.807, 2.05) is 166 Å². The Balaban J connectivity index is 0.000000161. The molecule has 3 fully saturated rings. The Hall–Kier alpha value is -8.31. The lowest BCUT2D eigenvalue weighted by molar-refractivity contribution is 0.248. The molecule has 6 heterocycles. The van der Waals surface area contributed by atoms with Gasteiger partial charge in [0.25, 0.3) is 0 Å². The summed E-state index contributed by atoms with van der Waals surface area (Å²) in [6, 6.07) is 53.1. The van der Waals surface area contributed by atoms with Gasteiger partial charge in [-0.1, -0.05) is 128 Å². The van der Waals surface area contributed by atoms with Crippen molar-refractivity contribution < 1.29 is 14.2 Å². The van der Waals surface area contributed by atoms with Crippen LogP contribution in [0.2, 0.25) is 15.1 Å². The number of aryl methyl sites for hydroxylation is 6. The number of piperazine rings is 3. The highest BCUT2D eigenvalue weighted by Crippen LogP contribution is 2.24. The van der Waals surface area contributed by atoms with Gasteiger partial charge in [0.15, 0.2) is 0 Å². The molecule has 3 aromatic heterocycles. The molecule has 3 aliphatic heterocycles. The highest BCUT2D eigenvalue weighted by Gasteiger charge is 2.22. The quantitative estimate of drug-likeness (QED) is 0.0417. The lowest BCUT2D eigenvalue weighted by Gasteiger charge is -2.36. The number of aromatic nitrogens is 9. The molecular formula is C75H96Cl3N15O6. The molecule has 0 radical (unpaired) electrons. The molecule has 528 valence electrons. The number of halogens is 3. The Bertz CT molecular complexity index is 3630. The van der Waals surface area contributed by atoms with Crippen LogP contribution in [0.5, 0.6) is 17.2 Å². The third kappa shape index (κ3) is 21.8. The summed E-state index contributed by atoms with van der Waals surface area (Å²) in [5.74, 6) is 4.87. The summed E-state index contributed by atoms with van der Waals surface area (Å²) >= 11 is 18.4. The van der Waals surface area contributed by atoms with E-state index in [1.165, 1.54) is 17.1 Å². The molecule has 0 aliphatic carbocycles. The van der Waals surface area contributed by atoms with Gasteiger partial charge in [-0.3, -0.25) is 28.4 Å². The molecule has 9 aromatic rings. The predicted octanol–water partition coefficient (Wildman–Crippen LogP) is 10.7. The number of para-hydroxylation sites is 3. The molecule has 0 spiro atoms. The maximum atomic E-state index is 12.9. The van der Waals surface area contributed by atoms with Gasteiger partial charge in [-0.05, 0) is 110 Å². The Morgan fingerprint density at radius 3 is 0.828 bits per heavy atom. The van der Waals surface area contributed by atoms with Crippen molar-refractivity contribution in [1.82, 2.24) is 57.7 Å². The number of hydrogen-bond acceptors (Lipinski definition) is 15. The second-order valence-electron chi connectivity index (χ2n) is 24.8. The van der Waals surface area contributed by atoms with Crippen LogP contribution in [0.3, 0.4) is 0 Å². The summed E-state index contributed by atoms with van der Waals surface area (Å²) in [4.78, 5) is 53.1. The topological polar surface area (TPSA) is 167 Å². The minimum Gasteiger partial charge on any atom is -0.492 e. The summed E-state index contributed by atoms with van der Waals surface area (Å²) in [6.07, 6.45) is 4.87. The average Bonchev–Trinajstić information content (AvgIpc) is 1.73. The fourth-order valence-corrected chi connectivity index (χ4v) is 13.3. The molecule has 12 rings (SSSR count). The van der Waals surface area contributed by atoms with Gasteiger partial charge in [0, 0.05) is 169 Å². The van der Waals surface area contributed by atoms with Crippen molar-refractivity contribution in [2.75, 3.05) is 133 Å². The average molecular weight is 1410 g/mol. The molecular weight excluding hydrogens is 1310 g/mol. The van der Waals surface area contributed by atoms with E-state index >= 15 is 0 Å². The van der Waals surface area contributed by atoms with E-state index < -0.39 is 0 Å². The molecule has 3 aliphatic rings. The van der Waals surface area contributed by atoms with Crippen LogP contribution in [0.1, 0.15) is 57.5 Å². The summed E-state index contributed by atoms with van der Waals surface area (Å²) in [5.41, 5.74) is 3.41. The van der Waals surface area contributed by atoms with Crippen molar-refractivity contribution >= 4 is 51.9 Å². The van der Waals surface area contributed by atoms with E-state index in [0.29, 0.717) is 59.1 Å². The Labute approximate surface area is 596 Å². The van der Waals surface area contributed by atoms with Crippen LogP contribution in [0.25, 0.3) is 0 Å². The third-order valence-corrected chi connectivity index (χ3v) is 18.8. The summed E-state index contributed by atoms with van der Waals surface area (Å²) in [5, 5.41) is 16.0. The first-order valence-electron chi connectivity index (χ1n) is 35.1. The van der Waals surface area contributed by atoms with Crippen LogP contribution in [0, 0.1) is 0 Å². The number of rotatable bonds is 30. The Morgan fingerprint density at radius 1 is 0.323 bits per heavy atom. The zero-order valence-corrected chi connectivity index (χ0v) is 59.9. The van der Waals surface area contributed by atoms with E-state index in [9.17, 15) is 14.4 Å². The van der Waals surface area contributed by atoms with Gasteiger partial charge < -0.3 is 28.9 Å². The van der Waals surface area contributed by atoms with E-state index in [2.05, 4.69) is 62.9 Å². The maximum Gasteiger partial charge on any atom is 0.346 e. The molecule has 0 saturated carbocycles. The number of ether oxygens (including phenoxy) is 3. The molecule has 0 N–H and O–H groups in total. The first-order chi connectivity index (χ1) is 48.4. The monoisotopic (exact) mass is 1410 g/mol. The Morgan fingerprint density at radius 2 is 0.586 bits per heavy atom. The molecule has 6 aromatic carbocycles. The molecule has 24 heteroatoms. The second-order valence-corrected chi connectivity index (χ2v) is 26.1. The SMILES string of the molecule is CCc1nn(CCCN2CCN(c3cccc(Cl)c3)CC2)c(=O)n1CCOc1ccccc1.CCc1nn(CCCN2CCN(c3cccc(Cl)c3)CC2)c(=O)n1CCOc1ccccc1.CCc1nn(CCCN2CCN(c3cccc(Cl)c3)CC2)c(=O)n1CCOc1ccccc1. The summed E-state index contributed by atoms with van der Waals surface area (Å²) < 4.78 is 27.4. The van der Waals surface area contributed by atoms with E-state index in [1.54, 1.807) is 27.7 Å². The van der Waals surface area contributed by atoms with Gasteiger partial charge in [0.2, 0.25) is 0 Å². The molecule has 3 saturated heterocycles. The molecule has 21 nitrogen and oxygen atoms in total. The zero-order chi connectivity index (χ0) is 69.1. The van der Waals surface area contributed by atoms with Crippen LogP contribution in [0.4, 0.5) is 17.1 Å². The minimum absolute atomic E-state index is 0.0470. The predicted molar refractivity (Wildman–Crippen MR) is 398 cm³/mol. The standard InChI is InChI=1S/3C25H32ClN5O2/c3*1-2-24-27-31(25(32)30(24)18-19-33-23-10-4-3-5-11-23)13-7-12-28-14-16-29(17-15-28)22-9-6-8-21(26)20-22/h3*3-6,8-11,20H,2,7,12-19H2,1H3. The van der Waals surface area contributed by atoms with Crippen LogP contribution in [-0.2, 0) is 58.5 Å². The van der Waals surface area contributed by atoms with Crippen LogP contribution in [0.15, 0.2) is 178 Å². The first-order valence-corrected chi connectivity index (χ1v) is 36.3. The fraction of sp³-hybridized carbons (Fsp3) is 0.440. The summed E-state index contributed by atoms with van der Waals surface area (Å²) in [6.45, 7) is 25.6. The van der Waals surface area contributed by atoms with Crippen LogP contribution < -0.4 is 46.0 Å². The van der Waals surface area contributed by atoms with E-state index in [-0.39, 0.29) is 17.1 Å². The number of anilines is 3. The number of nitrogens with zero attached hydrogens (tertiary/aromatic N) is 15. The summed E-state index contributed by atoms with van der Waals surface area (Å²) in [7, 11) is 0. The fourth-order valence-electron chi connectivity index (χ4n) is 12.7. The molecule has 0 atom stereocenters. The van der Waals surface area contributed by atoms with Gasteiger partial charge in [0.05, 0.1) is 19.6 Å². The van der Waals surface area contributed by atoms with Crippen LogP contribution >= 0.6 is 34.8 Å². The highest BCUT2D eigenvalue weighted by molar-refractivity contribution is 6.31. The smallest absolute Gasteiger partial charge is 0.346 e. The van der Waals surface area contributed by atoms with Gasteiger partial charge in [-0.15, -0.1) is 0 Å². The van der Waals surface area contributed by atoms with Crippen molar-refractivity contribution in [1.29, 1.82) is 0 Å². The number of hydrogen-bond donors (Lipinski definition) is 0. The normalized spacial score (nSPS) is 14.5. The van der Waals surface area contributed by atoms with Gasteiger partial charge in [-0.25, -0.2) is 28.4 Å². The first kappa shape index (κ1) is 73.4. The lowest BCUT2D eigenvalue weighted by Crippen LogP contribution is -2.46. The van der Waals surface area contributed by atoms with Crippen molar-refractivity contribution in [2.24, 2.45) is 0 Å². The molecule has 0 bridgehead atoms. The van der Waals surface area contributed by atoms with E-state index in [0.717, 1.165) is 186 Å². The largest absolute Gasteiger partial charge is 0.492 e. The van der Waals surface area contributed by atoms with Gasteiger partial charge >= 0.3 is 17.1 Å². The van der Waals surface area contributed by atoms with E-state index in [4.69, 9.17) is 49.0 Å². The minimum atomic E-state index is -0.0470. The number of benzene rings is 6. The third-order valence-electron chi connectivity index (χ3n) is 18.1.